The zero-order valence-electron chi connectivity index (χ0n) is 8.67. The van der Waals surface area contributed by atoms with Crippen LogP contribution in [0.3, 0.4) is 0 Å². The van der Waals surface area contributed by atoms with E-state index in [2.05, 4.69) is 0 Å². The summed E-state index contributed by atoms with van der Waals surface area (Å²) in [7, 11) is -2.04. The molecule has 0 aliphatic carbocycles. The average Bonchev–Trinajstić information content (AvgIpc) is 2.27. The number of nitrogens with zero attached hydrogens (tertiary/aromatic N) is 1. The lowest BCUT2D eigenvalue weighted by Crippen LogP contribution is -2.26. The molecule has 8 heteroatoms. The Balaban J connectivity index is 2.96. The van der Waals surface area contributed by atoms with Crippen LogP contribution in [0.1, 0.15) is 0 Å². The Morgan fingerprint density at radius 2 is 2.00 bits per heavy atom. The molecular weight excluding hydrogens is 310 g/mol. The molecule has 0 heterocycles. The SMILES string of the molecule is N#CC(CS(=O)c1cc(Cl)ccc1Cl)C(F)(F)F. The van der Waals surface area contributed by atoms with E-state index in [9.17, 15) is 17.4 Å². The van der Waals surface area contributed by atoms with E-state index < -0.39 is 28.6 Å². The number of nitriles is 1. The minimum atomic E-state index is -4.71. The summed E-state index contributed by atoms with van der Waals surface area (Å²) >= 11 is 11.4. The van der Waals surface area contributed by atoms with Crippen molar-refractivity contribution in [1.29, 1.82) is 5.26 Å². The van der Waals surface area contributed by atoms with Gasteiger partial charge in [0, 0.05) is 5.02 Å². The summed E-state index contributed by atoms with van der Waals surface area (Å²) in [4.78, 5) is -0.00586. The first-order chi connectivity index (χ1) is 8.25. The summed E-state index contributed by atoms with van der Waals surface area (Å²) in [5.74, 6) is -3.16. The van der Waals surface area contributed by atoms with Crippen LogP contribution in [0.2, 0.25) is 10.0 Å². The highest BCUT2D eigenvalue weighted by atomic mass is 35.5. The second-order valence-corrected chi connectivity index (χ2v) is 5.62. The maximum Gasteiger partial charge on any atom is 0.405 e. The van der Waals surface area contributed by atoms with Crippen LogP contribution < -0.4 is 0 Å². The lowest BCUT2D eigenvalue weighted by Gasteiger charge is -2.13. The Bertz CT molecular complexity index is 513. The van der Waals surface area contributed by atoms with E-state index in [1.165, 1.54) is 18.2 Å². The molecule has 0 saturated heterocycles. The molecule has 0 N–H and O–H groups in total. The van der Waals surface area contributed by atoms with Crippen molar-refractivity contribution in [2.24, 2.45) is 5.92 Å². The molecule has 1 aromatic carbocycles. The van der Waals surface area contributed by atoms with Gasteiger partial charge in [0.2, 0.25) is 0 Å². The summed E-state index contributed by atoms with van der Waals surface area (Å²) in [6, 6.07) is 5.08. The molecule has 2 unspecified atom stereocenters. The van der Waals surface area contributed by atoms with E-state index in [1.54, 1.807) is 0 Å². The van der Waals surface area contributed by atoms with Gasteiger partial charge in [0.05, 0.1) is 32.5 Å². The molecule has 18 heavy (non-hydrogen) atoms. The predicted octanol–water partition coefficient (Wildman–Crippen LogP) is 3.80. The third-order valence-electron chi connectivity index (χ3n) is 2.01. The normalized spacial score (nSPS) is 14.9. The number of halogens is 5. The van der Waals surface area contributed by atoms with Crippen LogP contribution in [0.5, 0.6) is 0 Å². The number of alkyl halides is 3. The van der Waals surface area contributed by atoms with Crippen molar-refractivity contribution in [3.8, 4) is 6.07 Å². The largest absolute Gasteiger partial charge is 0.405 e. The molecule has 0 fully saturated rings. The summed E-state index contributed by atoms with van der Waals surface area (Å²) < 4.78 is 48.8. The van der Waals surface area contributed by atoms with Crippen molar-refractivity contribution in [2.45, 2.75) is 11.1 Å². The second-order valence-electron chi connectivity index (χ2n) is 3.31. The van der Waals surface area contributed by atoms with Crippen LogP contribution in [-0.2, 0) is 10.8 Å². The maximum atomic E-state index is 12.4. The van der Waals surface area contributed by atoms with Gasteiger partial charge in [0.15, 0.2) is 5.92 Å². The molecule has 2 atom stereocenters. The van der Waals surface area contributed by atoms with Gasteiger partial charge in [-0.3, -0.25) is 4.21 Å². The van der Waals surface area contributed by atoms with Gasteiger partial charge in [0.1, 0.15) is 0 Å². The zero-order valence-corrected chi connectivity index (χ0v) is 11.0. The van der Waals surface area contributed by atoms with Gasteiger partial charge in [-0.25, -0.2) is 0 Å². The molecule has 0 aliphatic rings. The molecule has 0 saturated carbocycles. The molecule has 2 nitrogen and oxygen atoms in total. The fourth-order valence-electron chi connectivity index (χ4n) is 1.10. The van der Waals surface area contributed by atoms with E-state index in [0.717, 1.165) is 6.07 Å². The number of benzene rings is 1. The highest BCUT2D eigenvalue weighted by Crippen LogP contribution is 2.30. The Labute approximate surface area is 114 Å². The van der Waals surface area contributed by atoms with Crippen LogP contribution in [-0.4, -0.2) is 16.1 Å². The lowest BCUT2D eigenvalue weighted by atomic mass is 10.2. The van der Waals surface area contributed by atoms with Crippen molar-refractivity contribution in [3.05, 3.63) is 28.2 Å². The van der Waals surface area contributed by atoms with E-state index in [-0.39, 0.29) is 14.9 Å². The molecule has 0 spiro atoms. The van der Waals surface area contributed by atoms with Gasteiger partial charge in [-0.2, -0.15) is 18.4 Å². The molecular formula is C10H6Cl2F3NOS. The highest BCUT2D eigenvalue weighted by molar-refractivity contribution is 7.85. The minimum absolute atomic E-state index is 0.00586. The lowest BCUT2D eigenvalue weighted by molar-refractivity contribution is -0.153. The van der Waals surface area contributed by atoms with Gasteiger partial charge in [-0.05, 0) is 18.2 Å². The summed E-state index contributed by atoms with van der Waals surface area (Å²) in [6.45, 7) is 0. The molecule has 98 valence electrons. The van der Waals surface area contributed by atoms with Gasteiger partial charge in [-0.15, -0.1) is 0 Å². The standard InChI is InChI=1S/C10H6Cl2F3NOS/c11-7-1-2-8(12)9(3-7)18(17)5-6(4-16)10(13,14)15/h1-3,6H,5H2. The first-order valence-electron chi connectivity index (χ1n) is 4.55. The van der Waals surface area contributed by atoms with Gasteiger partial charge < -0.3 is 0 Å². The summed E-state index contributed by atoms with van der Waals surface area (Å²) in [5, 5.41) is 8.68. The third kappa shape index (κ3) is 3.87. The maximum absolute atomic E-state index is 12.4. The molecule has 0 aliphatic heterocycles. The predicted molar refractivity (Wildman–Crippen MR) is 62.9 cm³/mol. The topological polar surface area (TPSA) is 40.9 Å². The second kappa shape index (κ2) is 5.91. The summed E-state index contributed by atoms with van der Waals surface area (Å²) in [6.07, 6.45) is -4.71. The summed E-state index contributed by atoms with van der Waals surface area (Å²) in [5.41, 5.74) is 0. The third-order valence-corrected chi connectivity index (χ3v) is 4.15. The molecule has 0 bridgehead atoms. The molecule has 1 aromatic rings. The highest BCUT2D eigenvalue weighted by Gasteiger charge is 2.41. The Morgan fingerprint density at radius 1 is 1.39 bits per heavy atom. The zero-order chi connectivity index (χ0) is 13.9. The van der Waals surface area contributed by atoms with Crippen LogP contribution in [0.15, 0.2) is 23.1 Å². The Hall–Kier alpha value is -0.770. The van der Waals surface area contributed by atoms with Crippen LogP contribution in [0.25, 0.3) is 0 Å². The van der Waals surface area contributed by atoms with Crippen molar-refractivity contribution in [2.75, 3.05) is 5.75 Å². The Morgan fingerprint density at radius 3 is 2.50 bits per heavy atom. The van der Waals surface area contributed by atoms with E-state index >= 15 is 0 Å². The average molecular weight is 316 g/mol. The minimum Gasteiger partial charge on any atom is -0.254 e. The molecule has 1 rings (SSSR count). The molecule has 0 radical (unpaired) electrons. The first-order valence-corrected chi connectivity index (χ1v) is 6.63. The van der Waals surface area contributed by atoms with Crippen molar-refractivity contribution in [1.82, 2.24) is 0 Å². The molecule has 0 aromatic heterocycles. The van der Waals surface area contributed by atoms with Gasteiger partial charge >= 0.3 is 6.18 Å². The van der Waals surface area contributed by atoms with Crippen LogP contribution >= 0.6 is 23.2 Å². The van der Waals surface area contributed by atoms with Crippen molar-refractivity contribution < 1.29 is 17.4 Å². The number of hydrogen-bond acceptors (Lipinski definition) is 2. The smallest absolute Gasteiger partial charge is 0.254 e. The molecule has 0 amide bonds. The first kappa shape index (κ1) is 15.3. The Kier molecular flexibility index (Phi) is 5.02. The van der Waals surface area contributed by atoms with Crippen molar-refractivity contribution in [3.63, 3.8) is 0 Å². The van der Waals surface area contributed by atoms with Gasteiger partial charge in [0.25, 0.3) is 0 Å². The van der Waals surface area contributed by atoms with E-state index in [0.29, 0.717) is 0 Å². The van der Waals surface area contributed by atoms with Gasteiger partial charge in [-0.1, -0.05) is 23.2 Å². The van der Waals surface area contributed by atoms with Crippen LogP contribution in [0, 0.1) is 17.2 Å². The van der Waals surface area contributed by atoms with Crippen LogP contribution in [0.4, 0.5) is 13.2 Å². The van der Waals surface area contributed by atoms with Crippen molar-refractivity contribution >= 4 is 34.0 Å². The number of hydrogen-bond donors (Lipinski definition) is 0. The van der Waals surface area contributed by atoms with E-state index in [1.807, 2.05) is 0 Å². The fourth-order valence-corrected chi connectivity index (χ4v) is 3.00. The van der Waals surface area contributed by atoms with E-state index in [4.69, 9.17) is 28.5 Å². The quantitative estimate of drug-likeness (QED) is 0.851. The number of rotatable bonds is 3. The monoisotopic (exact) mass is 315 g/mol. The fraction of sp³-hybridized carbons (Fsp3) is 0.300.